The first kappa shape index (κ1) is 37.2. The van der Waals surface area contributed by atoms with Crippen molar-refractivity contribution in [2.75, 3.05) is 32.8 Å². The van der Waals surface area contributed by atoms with Crippen molar-refractivity contribution in [2.45, 2.75) is 20.3 Å². The van der Waals surface area contributed by atoms with Gasteiger partial charge in [-0.3, -0.25) is 0 Å². The molecule has 288 valence electrons. The smallest absolute Gasteiger partial charge is 0.343 e. The Morgan fingerprint density at radius 1 is 0.649 bits per heavy atom. The molecule has 0 fully saturated rings. The number of anilines is 2. The maximum Gasteiger partial charge on any atom is 0.343 e. The molecule has 0 radical (unpaired) electrons. The molecule has 5 heterocycles. The van der Waals surface area contributed by atoms with Gasteiger partial charge >= 0.3 is 17.9 Å². The van der Waals surface area contributed by atoms with Crippen LogP contribution in [0.4, 0.5) is 34.6 Å². The van der Waals surface area contributed by atoms with E-state index in [0.29, 0.717) is 29.2 Å². The lowest BCUT2D eigenvalue weighted by molar-refractivity contribution is 0.0592. The van der Waals surface area contributed by atoms with E-state index in [9.17, 15) is 9.59 Å². The topological polar surface area (TPSA) is 273 Å². The molecule has 0 bridgehead atoms. The van der Waals surface area contributed by atoms with Crippen LogP contribution >= 0.6 is 0 Å². The number of hydrogen-bond acceptors (Lipinski definition) is 18. The highest BCUT2D eigenvalue weighted by Gasteiger charge is 2.25. The molecule has 0 aliphatic carbocycles. The number of azo groups is 2. The van der Waals surface area contributed by atoms with Gasteiger partial charge in [0.25, 0.3) is 11.9 Å². The van der Waals surface area contributed by atoms with Gasteiger partial charge in [-0.2, -0.15) is 44.7 Å². The molecule has 2 aromatic carbocycles. The van der Waals surface area contributed by atoms with Gasteiger partial charge in [0.1, 0.15) is 11.1 Å². The van der Waals surface area contributed by atoms with Crippen LogP contribution in [0.25, 0.3) is 23.3 Å². The van der Waals surface area contributed by atoms with Crippen molar-refractivity contribution in [3.8, 4) is 29.3 Å². The molecule has 0 amide bonds. The minimum Gasteiger partial charge on any atom is -0.467 e. The molecule has 0 aliphatic heterocycles. The summed E-state index contributed by atoms with van der Waals surface area (Å²) in [5.41, 5.74) is 15.7. The molecule has 0 spiro atoms. The zero-order chi connectivity index (χ0) is 40.2. The third-order valence-electron chi connectivity index (χ3n) is 8.31. The fraction of sp³-hybridized carbons (Fsp3) is 0.171. The largest absolute Gasteiger partial charge is 0.467 e. The maximum absolute atomic E-state index is 12.6. The average Bonchev–Trinajstić information content (AvgIpc) is 4.02. The molecule has 57 heavy (non-hydrogen) atoms. The first-order valence-electron chi connectivity index (χ1n) is 17.0. The molecule has 7 rings (SSSR count). The molecule has 4 N–H and O–H groups in total. The van der Waals surface area contributed by atoms with Gasteiger partial charge in [-0.05, 0) is 37.6 Å². The highest BCUT2D eigenvalue weighted by molar-refractivity contribution is 5.94. The quantitative estimate of drug-likeness (QED) is 0.121. The van der Waals surface area contributed by atoms with E-state index < -0.39 is 11.9 Å². The molecule has 0 saturated heterocycles. The summed E-state index contributed by atoms with van der Waals surface area (Å²) in [5, 5.41) is 35.3. The lowest BCUT2D eigenvalue weighted by Crippen LogP contribution is -2.14. The number of aryl methyl sites for hydroxylation is 2. The first-order valence-corrected chi connectivity index (χ1v) is 17.0. The second-order valence-corrected chi connectivity index (χ2v) is 11.7. The van der Waals surface area contributed by atoms with Crippen LogP contribution in [-0.2, 0) is 15.9 Å². The molecule has 5 aromatic heterocycles. The summed E-state index contributed by atoms with van der Waals surface area (Å²) in [5.74, 6) is -1.24. The van der Waals surface area contributed by atoms with E-state index in [4.69, 9.17) is 25.7 Å². The number of aromatic nitrogens is 11. The number of nitrogen functional groups attached to an aromatic ring is 2. The van der Waals surface area contributed by atoms with Crippen LogP contribution in [0, 0.1) is 6.92 Å². The van der Waals surface area contributed by atoms with Crippen LogP contribution in [-0.4, -0.2) is 87.3 Å². The number of hydrogen-bond donors (Lipinski definition) is 2. The SMILES string of the molecule is CCc1nn(-c2nc(OC)nc(-n3nc(C)c(N=Nc4c(C(=O)OC)cnn4-c4ccccc4)c3N)n2)c(N)c1N=Nc1c(C(=O)OC)cnn1-c1ccccc1. The van der Waals surface area contributed by atoms with E-state index in [0.717, 1.165) is 0 Å². The third kappa shape index (κ3) is 7.00. The van der Waals surface area contributed by atoms with Crippen LogP contribution in [0.5, 0.6) is 6.01 Å². The van der Waals surface area contributed by atoms with Gasteiger partial charge in [0, 0.05) is 0 Å². The van der Waals surface area contributed by atoms with E-state index in [2.05, 4.69) is 55.8 Å². The molecular weight excluding hydrogens is 738 g/mol. The van der Waals surface area contributed by atoms with Crippen molar-refractivity contribution in [1.82, 2.24) is 54.1 Å². The van der Waals surface area contributed by atoms with E-state index in [1.54, 1.807) is 31.2 Å². The van der Waals surface area contributed by atoms with Crippen LogP contribution in [0.3, 0.4) is 0 Å². The Morgan fingerprint density at radius 3 is 1.60 bits per heavy atom. The monoisotopic (exact) mass is 771 g/mol. The van der Waals surface area contributed by atoms with Gasteiger partial charge in [-0.25, -0.2) is 19.0 Å². The van der Waals surface area contributed by atoms with Crippen LogP contribution in [0.15, 0.2) is 93.5 Å². The number of ether oxygens (including phenoxy) is 3. The second kappa shape index (κ2) is 15.7. The first-order chi connectivity index (χ1) is 27.7. The molecule has 7 aromatic rings. The second-order valence-electron chi connectivity index (χ2n) is 11.7. The zero-order valence-electron chi connectivity index (χ0n) is 31.0. The Morgan fingerprint density at radius 2 is 1.12 bits per heavy atom. The summed E-state index contributed by atoms with van der Waals surface area (Å²) in [7, 11) is 3.88. The van der Waals surface area contributed by atoms with Crippen LogP contribution in [0.2, 0.25) is 0 Å². The number of carbonyl (C=O) groups is 2. The summed E-state index contributed by atoms with van der Waals surface area (Å²) in [4.78, 5) is 38.5. The molecule has 0 atom stereocenters. The van der Waals surface area contributed by atoms with Crippen molar-refractivity contribution in [2.24, 2.45) is 20.5 Å². The number of rotatable bonds is 12. The minimum absolute atomic E-state index is 0.00513. The zero-order valence-corrected chi connectivity index (χ0v) is 31.0. The lowest BCUT2D eigenvalue weighted by Gasteiger charge is -2.08. The van der Waals surface area contributed by atoms with Crippen molar-refractivity contribution < 1.29 is 23.8 Å². The number of esters is 2. The Hall–Kier alpha value is -8.17. The number of methoxy groups -OCH3 is 3. The number of nitrogens with two attached hydrogens (primary N) is 2. The van der Waals surface area contributed by atoms with Gasteiger partial charge in [-0.15, -0.1) is 20.5 Å². The summed E-state index contributed by atoms with van der Waals surface area (Å²) in [6.45, 7) is 3.50. The Balaban J connectivity index is 1.27. The standard InChI is InChI=1S/C35H33N17O5/c1-6-24-26(44-46-30-23(32(54)56-4)18-39-50(30)21-15-11-8-12-16-21)28(37)52(48-24)34-40-33(41-35(42-34)57-5)51-27(36)25(19(2)47-51)43-45-29-22(31(53)55-3)17-38-49(29)20-13-9-7-10-14-20/h7-18H,6,36-37H2,1-5H3. The summed E-state index contributed by atoms with van der Waals surface area (Å²) >= 11 is 0. The fourth-order valence-electron chi connectivity index (χ4n) is 5.49. The number of benzene rings is 2. The highest BCUT2D eigenvalue weighted by Crippen LogP contribution is 2.35. The summed E-state index contributed by atoms with van der Waals surface area (Å²) in [6.07, 6.45) is 3.06. The lowest BCUT2D eigenvalue weighted by atomic mass is 10.3. The van der Waals surface area contributed by atoms with E-state index in [-0.39, 0.29) is 63.7 Å². The predicted molar refractivity (Wildman–Crippen MR) is 202 cm³/mol. The predicted octanol–water partition coefficient (Wildman–Crippen LogP) is 5.06. The molecular formula is C35H33N17O5. The van der Waals surface area contributed by atoms with Gasteiger partial charge in [0.15, 0.2) is 34.6 Å². The van der Waals surface area contributed by atoms with E-state index >= 15 is 0 Å². The Bertz CT molecular complexity index is 2660. The fourth-order valence-corrected chi connectivity index (χ4v) is 5.49. The average molecular weight is 772 g/mol. The maximum atomic E-state index is 12.6. The normalized spacial score (nSPS) is 11.5. The number of carbonyl (C=O) groups excluding carboxylic acids is 2. The summed E-state index contributed by atoms with van der Waals surface area (Å²) < 4.78 is 20.6. The van der Waals surface area contributed by atoms with E-state index in [1.165, 1.54) is 52.5 Å². The van der Waals surface area contributed by atoms with Crippen LogP contribution in [0.1, 0.15) is 39.0 Å². The van der Waals surface area contributed by atoms with Gasteiger partial charge in [-0.1, -0.05) is 43.3 Å². The number of para-hydroxylation sites is 2. The summed E-state index contributed by atoms with van der Waals surface area (Å²) in [6, 6.07) is 18.0. The van der Waals surface area contributed by atoms with Crippen molar-refractivity contribution >= 4 is 46.6 Å². The Kier molecular flexibility index (Phi) is 10.2. The molecule has 0 saturated carbocycles. The van der Waals surface area contributed by atoms with Crippen LogP contribution < -0.4 is 16.2 Å². The number of nitrogens with zero attached hydrogens (tertiary/aromatic N) is 15. The van der Waals surface area contributed by atoms with Crippen molar-refractivity contribution in [3.05, 3.63) is 95.6 Å². The highest BCUT2D eigenvalue weighted by atomic mass is 16.5. The van der Waals surface area contributed by atoms with Gasteiger partial charge in [0.05, 0.1) is 56.5 Å². The molecule has 0 aliphatic rings. The van der Waals surface area contributed by atoms with Gasteiger partial charge < -0.3 is 25.7 Å². The minimum atomic E-state index is -0.658. The van der Waals surface area contributed by atoms with Gasteiger partial charge in [0.2, 0.25) is 0 Å². The third-order valence-corrected chi connectivity index (χ3v) is 8.31. The van der Waals surface area contributed by atoms with Crippen molar-refractivity contribution in [3.63, 3.8) is 0 Å². The van der Waals surface area contributed by atoms with E-state index in [1.807, 2.05) is 43.3 Å². The molecule has 22 heteroatoms. The van der Waals surface area contributed by atoms with Crippen molar-refractivity contribution in [1.29, 1.82) is 0 Å². The Labute approximate surface area is 322 Å². The molecule has 22 nitrogen and oxygen atoms in total. The molecule has 0 unspecified atom stereocenters.